The number of benzene rings is 1. The van der Waals surface area contributed by atoms with Crippen LogP contribution in [-0.4, -0.2) is 0 Å². The van der Waals surface area contributed by atoms with Crippen LogP contribution in [0.3, 0.4) is 0 Å². The Morgan fingerprint density at radius 1 is 1.09 bits per heavy atom. The molecule has 0 bridgehead atoms. The van der Waals surface area contributed by atoms with Gasteiger partial charge >= 0.3 is 0 Å². The molecule has 1 aliphatic heterocycles. The van der Waals surface area contributed by atoms with Gasteiger partial charge in [-0.05, 0) is 6.07 Å². The lowest BCUT2D eigenvalue weighted by Gasteiger charge is -2.07. The highest BCUT2D eigenvalue weighted by atomic mass is 14.9. The minimum Gasteiger partial charge on any atom is -0.314 e. The Bertz CT molecular complexity index is 323. The quantitative estimate of drug-likeness (QED) is 0.548. The standard InChI is InChI=1S/C10H8N/c1-8-6-7-9-4-2-3-5-10(9)11-8/h1-7,11H/q+1. The van der Waals surface area contributed by atoms with Crippen molar-refractivity contribution in [2.45, 2.75) is 0 Å². The van der Waals surface area contributed by atoms with Crippen molar-refractivity contribution in [1.29, 1.82) is 0 Å². The molecule has 1 heterocycles. The number of nitrogens with one attached hydrogen (secondary N) is 1. The van der Waals surface area contributed by atoms with Gasteiger partial charge in [0.25, 0.3) is 5.70 Å². The second kappa shape index (κ2) is 2.22. The molecule has 0 atom stereocenters. The van der Waals surface area contributed by atoms with E-state index in [0.717, 1.165) is 5.69 Å². The molecule has 0 fully saturated rings. The summed E-state index contributed by atoms with van der Waals surface area (Å²) in [6.07, 6.45) is 3.86. The van der Waals surface area contributed by atoms with Gasteiger partial charge in [0.2, 0.25) is 0 Å². The molecule has 1 aromatic rings. The monoisotopic (exact) mass is 142 g/mol. The molecule has 1 N–H and O–H groups in total. The normalized spacial score (nSPS) is 13.9. The molecule has 0 spiro atoms. The van der Waals surface area contributed by atoms with Crippen LogP contribution in [0.1, 0.15) is 5.56 Å². The Kier molecular flexibility index (Phi) is 1.24. The van der Waals surface area contributed by atoms with E-state index in [1.807, 2.05) is 36.4 Å². The van der Waals surface area contributed by atoms with E-state index < -0.39 is 0 Å². The van der Waals surface area contributed by atoms with Crippen LogP contribution in [-0.2, 0) is 0 Å². The number of anilines is 1. The molecule has 2 rings (SSSR count). The van der Waals surface area contributed by atoms with Gasteiger partial charge in [-0.25, -0.2) is 0 Å². The van der Waals surface area contributed by atoms with Crippen molar-refractivity contribution in [2.24, 2.45) is 0 Å². The first-order chi connectivity index (χ1) is 5.36. The fourth-order valence-electron chi connectivity index (χ4n) is 1.13. The zero-order valence-corrected chi connectivity index (χ0v) is 6.04. The predicted molar refractivity (Wildman–Crippen MR) is 46.9 cm³/mol. The number of para-hydroxylation sites is 1. The molecule has 1 nitrogen and oxygen atoms in total. The van der Waals surface area contributed by atoms with Gasteiger partial charge in [-0.1, -0.05) is 18.2 Å². The molecule has 1 aromatic carbocycles. The third-order valence-corrected chi connectivity index (χ3v) is 1.68. The Hall–Kier alpha value is -1.59. The molecule has 11 heavy (non-hydrogen) atoms. The summed E-state index contributed by atoms with van der Waals surface area (Å²) in [6.45, 7) is 5.57. The molecule has 0 aliphatic carbocycles. The summed E-state index contributed by atoms with van der Waals surface area (Å²) in [4.78, 5) is 0. The maximum absolute atomic E-state index is 5.57. The highest BCUT2D eigenvalue weighted by Crippen LogP contribution is 2.22. The number of allylic oxidation sites excluding steroid dienone is 1. The van der Waals surface area contributed by atoms with Crippen LogP contribution in [0.2, 0.25) is 0 Å². The van der Waals surface area contributed by atoms with E-state index in [4.69, 9.17) is 6.58 Å². The third-order valence-electron chi connectivity index (χ3n) is 1.68. The average molecular weight is 142 g/mol. The summed E-state index contributed by atoms with van der Waals surface area (Å²) in [6, 6.07) is 8.04. The summed E-state index contributed by atoms with van der Waals surface area (Å²) >= 11 is 0. The van der Waals surface area contributed by atoms with Crippen LogP contribution in [0.25, 0.3) is 6.08 Å². The SMILES string of the molecule is [CH+]=C1C=Cc2ccccc2N1. The topological polar surface area (TPSA) is 12.0 Å². The molecule has 1 aliphatic rings. The Morgan fingerprint density at radius 3 is 2.82 bits per heavy atom. The van der Waals surface area contributed by atoms with Crippen LogP contribution < -0.4 is 5.32 Å². The molecule has 0 saturated carbocycles. The molecular weight excluding hydrogens is 134 g/mol. The van der Waals surface area contributed by atoms with Crippen molar-refractivity contribution in [3.8, 4) is 0 Å². The van der Waals surface area contributed by atoms with Gasteiger partial charge in [0.05, 0.1) is 12.3 Å². The van der Waals surface area contributed by atoms with E-state index >= 15 is 0 Å². The highest BCUT2D eigenvalue weighted by molar-refractivity contribution is 5.73. The van der Waals surface area contributed by atoms with Gasteiger partial charge in [-0.15, -0.1) is 0 Å². The van der Waals surface area contributed by atoms with E-state index in [-0.39, 0.29) is 0 Å². The highest BCUT2D eigenvalue weighted by Gasteiger charge is 2.09. The van der Waals surface area contributed by atoms with Crippen LogP contribution in [0, 0.1) is 6.58 Å². The summed E-state index contributed by atoms with van der Waals surface area (Å²) in [5.74, 6) is 0. The van der Waals surface area contributed by atoms with Gasteiger partial charge in [-0.2, -0.15) is 0 Å². The zero-order valence-electron chi connectivity index (χ0n) is 6.04. The smallest absolute Gasteiger partial charge is 0.257 e. The van der Waals surface area contributed by atoms with Gasteiger partial charge in [0.1, 0.15) is 6.08 Å². The second-order valence-corrected chi connectivity index (χ2v) is 2.50. The lowest BCUT2D eigenvalue weighted by molar-refractivity contribution is 1.45. The molecule has 0 amide bonds. The van der Waals surface area contributed by atoms with E-state index in [1.165, 1.54) is 5.56 Å². The number of hydrogen-bond donors (Lipinski definition) is 1. The summed E-state index contributed by atoms with van der Waals surface area (Å²) in [5.41, 5.74) is 2.96. The van der Waals surface area contributed by atoms with Crippen molar-refractivity contribution in [3.05, 3.63) is 48.2 Å². The molecule has 52 valence electrons. The maximum atomic E-state index is 5.57. The Labute approximate surface area is 66.1 Å². The molecular formula is C10H8N+. The van der Waals surface area contributed by atoms with Crippen molar-refractivity contribution in [3.63, 3.8) is 0 Å². The largest absolute Gasteiger partial charge is 0.314 e. The van der Waals surface area contributed by atoms with E-state index in [2.05, 4.69) is 5.32 Å². The minimum atomic E-state index is 0.698. The van der Waals surface area contributed by atoms with Gasteiger partial charge < -0.3 is 5.32 Å². The second-order valence-electron chi connectivity index (χ2n) is 2.50. The average Bonchev–Trinajstić information content (AvgIpc) is 2.04. The van der Waals surface area contributed by atoms with Crippen molar-refractivity contribution in [2.75, 3.05) is 5.32 Å². The Balaban J connectivity index is 2.54. The first-order valence-electron chi connectivity index (χ1n) is 3.53. The van der Waals surface area contributed by atoms with Crippen LogP contribution >= 0.6 is 0 Å². The van der Waals surface area contributed by atoms with Gasteiger partial charge in [0, 0.05) is 11.6 Å². The predicted octanol–water partition coefficient (Wildman–Crippen LogP) is 2.44. The summed E-state index contributed by atoms with van der Waals surface area (Å²) in [5, 5.41) is 3.07. The molecule has 0 radical (unpaired) electrons. The van der Waals surface area contributed by atoms with E-state index in [9.17, 15) is 0 Å². The van der Waals surface area contributed by atoms with Crippen molar-refractivity contribution < 1.29 is 0 Å². The zero-order chi connectivity index (χ0) is 7.68. The fourth-order valence-corrected chi connectivity index (χ4v) is 1.13. The van der Waals surface area contributed by atoms with Crippen LogP contribution in [0.15, 0.2) is 36.0 Å². The first-order valence-corrected chi connectivity index (χ1v) is 3.53. The van der Waals surface area contributed by atoms with Gasteiger partial charge in [-0.3, -0.25) is 0 Å². The number of rotatable bonds is 0. The maximum Gasteiger partial charge on any atom is 0.257 e. The van der Waals surface area contributed by atoms with Crippen LogP contribution in [0.5, 0.6) is 0 Å². The molecule has 0 unspecified atom stereocenters. The third kappa shape index (κ3) is 1.02. The summed E-state index contributed by atoms with van der Waals surface area (Å²) in [7, 11) is 0. The van der Waals surface area contributed by atoms with E-state index in [1.54, 1.807) is 0 Å². The lowest BCUT2D eigenvalue weighted by atomic mass is 10.1. The fraction of sp³-hybridized carbons (Fsp3) is 0. The van der Waals surface area contributed by atoms with E-state index in [0.29, 0.717) is 5.70 Å². The molecule has 0 saturated heterocycles. The van der Waals surface area contributed by atoms with Crippen molar-refractivity contribution >= 4 is 11.8 Å². The van der Waals surface area contributed by atoms with Gasteiger partial charge in [0.15, 0.2) is 0 Å². The molecule has 0 aromatic heterocycles. The molecule has 1 heteroatoms. The van der Waals surface area contributed by atoms with Crippen molar-refractivity contribution in [1.82, 2.24) is 0 Å². The lowest BCUT2D eigenvalue weighted by Crippen LogP contribution is -2.00. The number of fused-ring (bicyclic) bond motifs is 1. The first kappa shape index (κ1) is 6.14. The summed E-state index contributed by atoms with van der Waals surface area (Å²) < 4.78 is 0. The van der Waals surface area contributed by atoms with Crippen LogP contribution in [0.4, 0.5) is 5.69 Å². The Morgan fingerprint density at radius 2 is 1.91 bits per heavy atom. The number of hydrogen-bond acceptors (Lipinski definition) is 1. The minimum absolute atomic E-state index is 0.698.